The monoisotopic (exact) mass is 283 g/mol. The fourth-order valence-electron chi connectivity index (χ4n) is 2.54. The van der Waals surface area contributed by atoms with E-state index in [1.165, 1.54) is 29.7 Å². The third-order valence-electron chi connectivity index (χ3n) is 3.63. The van der Waals surface area contributed by atoms with E-state index in [9.17, 15) is 0 Å². The Morgan fingerprint density at radius 2 is 1.80 bits per heavy atom. The highest BCUT2D eigenvalue weighted by atomic mass is 35.5. The summed E-state index contributed by atoms with van der Waals surface area (Å²) in [6.45, 7) is 1.10. The molecular weight excluding hydrogens is 266 g/mol. The highest BCUT2D eigenvalue weighted by Gasteiger charge is 2.04. The van der Waals surface area contributed by atoms with Crippen molar-refractivity contribution in [1.29, 1.82) is 0 Å². The summed E-state index contributed by atoms with van der Waals surface area (Å²) in [7, 11) is 0. The first-order chi connectivity index (χ1) is 9.81. The molecule has 0 amide bonds. The number of benzene rings is 2. The first-order valence-corrected chi connectivity index (χ1v) is 7.49. The maximum atomic E-state index is 6.04. The second-order valence-corrected chi connectivity index (χ2v) is 5.62. The molecule has 1 nitrogen and oxygen atoms in total. The van der Waals surface area contributed by atoms with Gasteiger partial charge < -0.3 is 5.32 Å². The van der Waals surface area contributed by atoms with E-state index in [4.69, 9.17) is 11.6 Å². The first-order valence-electron chi connectivity index (χ1n) is 7.12. The Balaban J connectivity index is 1.80. The van der Waals surface area contributed by atoms with Crippen LogP contribution in [0, 0.1) is 0 Å². The molecule has 2 aromatic carbocycles. The molecule has 1 N–H and O–H groups in total. The molecule has 102 valence electrons. The molecule has 0 unspecified atom stereocenters. The predicted molar refractivity (Wildman–Crippen MR) is 86.7 cm³/mol. The van der Waals surface area contributed by atoms with Crippen molar-refractivity contribution in [2.45, 2.75) is 19.3 Å². The lowest BCUT2D eigenvalue weighted by atomic mass is 10.0. The lowest BCUT2D eigenvalue weighted by Crippen LogP contribution is -2.19. The van der Waals surface area contributed by atoms with Crippen molar-refractivity contribution >= 4 is 17.7 Å². The van der Waals surface area contributed by atoms with E-state index in [0.29, 0.717) is 0 Å². The molecular formula is C18H18ClN. The molecule has 0 spiro atoms. The van der Waals surface area contributed by atoms with Gasteiger partial charge in [0.25, 0.3) is 0 Å². The summed E-state index contributed by atoms with van der Waals surface area (Å²) in [5, 5.41) is 4.24. The molecule has 3 rings (SSSR count). The molecule has 0 saturated carbocycles. The van der Waals surface area contributed by atoms with Crippen molar-refractivity contribution < 1.29 is 0 Å². The van der Waals surface area contributed by atoms with Gasteiger partial charge in [0, 0.05) is 17.3 Å². The standard InChI is InChI=1S/C18H18ClN/c19-17-5-3-4-16(13-17)15-9-7-14(8-10-15)12-18-6-1-2-11-20-18/h3-5,7-10,12-13,20H,1-2,6,11H2. The summed E-state index contributed by atoms with van der Waals surface area (Å²) in [5.41, 5.74) is 4.96. The lowest BCUT2D eigenvalue weighted by Gasteiger charge is -2.16. The van der Waals surface area contributed by atoms with E-state index < -0.39 is 0 Å². The smallest absolute Gasteiger partial charge is 0.0412 e. The van der Waals surface area contributed by atoms with Crippen LogP contribution in [0.15, 0.2) is 54.2 Å². The Labute approximate surface area is 125 Å². The molecule has 20 heavy (non-hydrogen) atoms. The van der Waals surface area contributed by atoms with Crippen molar-refractivity contribution in [2.24, 2.45) is 0 Å². The maximum Gasteiger partial charge on any atom is 0.0412 e. The van der Waals surface area contributed by atoms with Gasteiger partial charge >= 0.3 is 0 Å². The summed E-state index contributed by atoms with van der Waals surface area (Å²) in [4.78, 5) is 0. The molecule has 0 aliphatic carbocycles. The summed E-state index contributed by atoms with van der Waals surface area (Å²) in [6, 6.07) is 16.6. The minimum atomic E-state index is 0.778. The van der Waals surface area contributed by atoms with Gasteiger partial charge in [0.05, 0.1) is 0 Å². The normalized spacial score (nSPS) is 16.9. The number of rotatable bonds is 2. The van der Waals surface area contributed by atoms with Crippen molar-refractivity contribution in [2.75, 3.05) is 6.54 Å². The van der Waals surface area contributed by atoms with Crippen LogP contribution in [0.4, 0.5) is 0 Å². The van der Waals surface area contributed by atoms with Gasteiger partial charge in [-0.15, -0.1) is 0 Å². The number of hydrogen-bond acceptors (Lipinski definition) is 1. The van der Waals surface area contributed by atoms with Crippen molar-refractivity contribution in [3.63, 3.8) is 0 Å². The van der Waals surface area contributed by atoms with E-state index >= 15 is 0 Å². The number of nitrogens with one attached hydrogen (secondary N) is 1. The lowest BCUT2D eigenvalue weighted by molar-refractivity contribution is 0.592. The van der Waals surface area contributed by atoms with Gasteiger partial charge in [-0.1, -0.05) is 48.0 Å². The quantitative estimate of drug-likeness (QED) is 0.806. The van der Waals surface area contributed by atoms with Crippen molar-refractivity contribution in [1.82, 2.24) is 5.32 Å². The molecule has 2 aromatic rings. The highest BCUT2D eigenvalue weighted by molar-refractivity contribution is 6.30. The Bertz CT molecular complexity index is 606. The van der Waals surface area contributed by atoms with Gasteiger partial charge in [-0.05, 0) is 54.2 Å². The zero-order valence-electron chi connectivity index (χ0n) is 11.4. The first kappa shape index (κ1) is 13.3. The molecule has 0 atom stereocenters. The third kappa shape index (κ3) is 3.23. The van der Waals surface area contributed by atoms with E-state index in [1.807, 2.05) is 18.2 Å². The van der Waals surface area contributed by atoms with Crippen LogP contribution in [-0.2, 0) is 0 Å². The van der Waals surface area contributed by atoms with Gasteiger partial charge in [-0.3, -0.25) is 0 Å². The molecule has 0 radical (unpaired) electrons. The topological polar surface area (TPSA) is 12.0 Å². The summed E-state index contributed by atoms with van der Waals surface area (Å²) in [6.07, 6.45) is 5.99. The molecule has 2 heteroatoms. The van der Waals surface area contributed by atoms with E-state index in [2.05, 4.69) is 41.7 Å². The molecule has 1 fully saturated rings. The van der Waals surface area contributed by atoms with Crippen LogP contribution in [0.2, 0.25) is 5.02 Å². The number of halogens is 1. The van der Waals surface area contributed by atoms with E-state index in [0.717, 1.165) is 23.6 Å². The van der Waals surface area contributed by atoms with E-state index in [-0.39, 0.29) is 0 Å². The third-order valence-corrected chi connectivity index (χ3v) is 3.87. The summed E-state index contributed by atoms with van der Waals surface area (Å²) < 4.78 is 0. The number of allylic oxidation sites excluding steroid dienone is 1. The molecule has 1 saturated heterocycles. The Kier molecular flexibility index (Phi) is 4.08. The van der Waals surface area contributed by atoms with Gasteiger partial charge in [0.1, 0.15) is 0 Å². The molecule has 1 aliphatic rings. The van der Waals surface area contributed by atoms with Crippen LogP contribution in [0.5, 0.6) is 0 Å². The second kappa shape index (κ2) is 6.15. The van der Waals surface area contributed by atoms with Gasteiger partial charge in [-0.2, -0.15) is 0 Å². The van der Waals surface area contributed by atoms with Crippen LogP contribution in [0.25, 0.3) is 17.2 Å². The average molecular weight is 284 g/mol. The summed E-state index contributed by atoms with van der Waals surface area (Å²) in [5.74, 6) is 0. The zero-order chi connectivity index (χ0) is 13.8. The molecule has 1 heterocycles. The maximum absolute atomic E-state index is 6.04. The van der Waals surface area contributed by atoms with Crippen molar-refractivity contribution in [3.05, 3.63) is 64.8 Å². The van der Waals surface area contributed by atoms with Crippen LogP contribution < -0.4 is 5.32 Å². The van der Waals surface area contributed by atoms with Gasteiger partial charge in [0.15, 0.2) is 0 Å². The Hall–Kier alpha value is -1.73. The van der Waals surface area contributed by atoms with Crippen molar-refractivity contribution in [3.8, 4) is 11.1 Å². The minimum absolute atomic E-state index is 0.778. The Morgan fingerprint density at radius 3 is 2.50 bits per heavy atom. The average Bonchev–Trinajstić information content (AvgIpc) is 2.49. The van der Waals surface area contributed by atoms with Crippen LogP contribution in [-0.4, -0.2) is 6.54 Å². The SMILES string of the molecule is Clc1cccc(-c2ccc(C=C3CCCCN3)cc2)c1. The van der Waals surface area contributed by atoms with E-state index in [1.54, 1.807) is 0 Å². The number of piperidine rings is 1. The molecule has 0 bridgehead atoms. The zero-order valence-corrected chi connectivity index (χ0v) is 12.2. The fraction of sp³-hybridized carbons (Fsp3) is 0.222. The largest absolute Gasteiger partial charge is 0.388 e. The Morgan fingerprint density at radius 1 is 0.950 bits per heavy atom. The molecule has 0 aromatic heterocycles. The fourth-order valence-corrected chi connectivity index (χ4v) is 2.73. The predicted octanol–water partition coefficient (Wildman–Crippen LogP) is 5.12. The van der Waals surface area contributed by atoms with Gasteiger partial charge in [0.2, 0.25) is 0 Å². The number of hydrogen-bond donors (Lipinski definition) is 1. The van der Waals surface area contributed by atoms with Gasteiger partial charge in [-0.25, -0.2) is 0 Å². The van der Waals surface area contributed by atoms with Crippen LogP contribution in [0.3, 0.4) is 0 Å². The van der Waals surface area contributed by atoms with Crippen LogP contribution in [0.1, 0.15) is 24.8 Å². The van der Waals surface area contributed by atoms with Crippen LogP contribution >= 0.6 is 11.6 Å². The second-order valence-electron chi connectivity index (χ2n) is 5.19. The highest BCUT2D eigenvalue weighted by Crippen LogP contribution is 2.24. The minimum Gasteiger partial charge on any atom is -0.388 e. The summed E-state index contributed by atoms with van der Waals surface area (Å²) >= 11 is 6.04. The molecule has 1 aliphatic heterocycles.